The molecule has 3 atom stereocenters. The molecule has 0 radical (unpaired) electrons. The van der Waals surface area contributed by atoms with Crippen LogP contribution in [-0.4, -0.2) is 42.6 Å². The average Bonchev–Trinajstić information content (AvgIpc) is 3.15. The van der Waals surface area contributed by atoms with E-state index in [9.17, 15) is 9.59 Å². The Morgan fingerprint density at radius 1 is 1.18 bits per heavy atom. The molecular weight excluding hydrogens is 280 g/mol. The van der Waals surface area contributed by atoms with Crippen molar-refractivity contribution in [2.45, 2.75) is 52.1 Å². The van der Waals surface area contributed by atoms with Gasteiger partial charge in [0.25, 0.3) is 0 Å². The lowest BCUT2D eigenvalue weighted by molar-refractivity contribution is -0.130. The lowest BCUT2D eigenvalue weighted by Gasteiger charge is -2.23. The number of nitrogens with zero attached hydrogens (tertiary/aromatic N) is 1. The van der Waals surface area contributed by atoms with E-state index in [0.717, 1.165) is 25.9 Å². The molecule has 4 rings (SSSR count). The standard InChI is InChI=1S/C17H26N2O3/c1-16(2)11-9-19(10-12(11)16)14(20)8-18-15(21)22-13-4-3-5-17(13)6-7-17/h11-13H,3-10H2,1-2H3,(H,18,21). The van der Waals surface area contributed by atoms with Gasteiger partial charge in [0, 0.05) is 18.5 Å². The fraction of sp³-hybridized carbons (Fsp3) is 0.882. The SMILES string of the molecule is CC1(C)C2CN(C(=O)CNC(=O)OC3CCCC34CC4)CC21. The highest BCUT2D eigenvalue weighted by Crippen LogP contribution is 2.62. The van der Waals surface area contributed by atoms with Crippen LogP contribution in [0.5, 0.6) is 0 Å². The molecule has 1 saturated heterocycles. The fourth-order valence-corrected chi connectivity index (χ4v) is 4.79. The van der Waals surface area contributed by atoms with Gasteiger partial charge in [-0.15, -0.1) is 0 Å². The van der Waals surface area contributed by atoms with Gasteiger partial charge in [0.2, 0.25) is 5.91 Å². The van der Waals surface area contributed by atoms with E-state index in [1.54, 1.807) is 0 Å². The highest BCUT2D eigenvalue weighted by atomic mass is 16.6. The van der Waals surface area contributed by atoms with Crippen molar-refractivity contribution in [2.24, 2.45) is 22.7 Å². The molecule has 1 aliphatic heterocycles. The molecule has 122 valence electrons. The molecule has 0 aromatic carbocycles. The summed E-state index contributed by atoms with van der Waals surface area (Å²) in [6.07, 6.45) is 5.36. The Morgan fingerprint density at radius 3 is 2.50 bits per heavy atom. The van der Waals surface area contributed by atoms with Crippen LogP contribution in [0.15, 0.2) is 0 Å². The first-order valence-corrected chi connectivity index (χ1v) is 8.65. The van der Waals surface area contributed by atoms with Crippen molar-refractivity contribution in [1.82, 2.24) is 10.2 Å². The maximum absolute atomic E-state index is 12.2. The van der Waals surface area contributed by atoms with Gasteiger partial charge in [-0.2, -0.15) is 0 Å². The Kier molecular flexibility index (Phi) is 3.01. The highest BCUT2D eigenvalue weighted by Gasteiger charge is 2.62. The number of amides is 2. The summed E-state index contributed by atoms with van der Waals surface area (Å²) < 4.78 is 5.54. The van der Waals surface area contributed by atoms with Crippen molar-refractivity contribution in [3.05, 3.63) is 0 Å². The molecule has 5 nitrogen and oxygen atoms in total. The Balaban J connectivity index is 1.20. The molecule has 4 fully saturated rings. The molecule has 0 bridgehead atoms. The highest BCUT2D eigenvalue weighted by molar-refractivity contribution is 5.82. The summed E-state index contributed by atoms with van der Waals surface area (Å²) >= 11 is 0. The van der Waals surface area contributed by atoms with E-state index in [2.05, 4.69) is 19.2 Å². The van der Waals surface area contributed by atoms with Gasteiger partial charge in [-0.25, -0.2) is 4.79 Å². The number of carbonyl (C=O) groups is 2. The summed E-state index contributed by atoms with van der Waals surface area (Å²) in [7, 11) is 0. The lowest BCUT2D eigenvalue weighted by Crippen LogP contribution is -2.42. The number of nitrogens with one attached hydrogen (secondary N) is 1. The van der Waals surface area contributed by atoms with Crippen LogP contribution >= 0.6 is 0 Å². The van der Waals surface area contributed by atoms with Crippen molar-refractivity contribution < 1.29 is 14.3 Å². The molecule has 5 heteroatoms. The van der Waals surface area contributed by atoms with Crippen LogP contribution in [0.25, 0.3) is 0 Å². The van der Waals surface area contributed by atoms with E-state index in [1.165, 1.54) is 19.3 Å². The molecular formula is C17H26N2O3. The van der Waals surface area contributed by atoms with E-state index in [0.29, 0.717) is 22.7 Å². The van der Waals surface area contributed by atoms with Gasteiger partial charge in [-0.3, -0.25) is 4.79 Å². The summed E-state index contributed by atoms with van der Waals surface area (Å²) in [5, 5.41) is 2.65. The Hall–Kier alpha value is -1.26. The minimum absolute atomic E-state index is 0.0208. The largest absolute Gasteiger partial charge is 0.446 e. The summed E-state index contributed by atoms with van der Waals surface area (Å²) in [6, 6.07) is 0. The quantitative estimate of drug-likeness (QED) is 0.869. The van der Waals surface area contributed by atoms with Crippen LogP contribution in [0.2, 0.25) is 0 Å². The zero-order chi connectivity index (χ0) is 15.5. The molecule has 3 saturated carbocycles. The summed E-state index contributed by atoms with van der Waals surface area (Å²) in [5.74, 6) is 1.32. The number of alkyl carbamates (subject to hydrolysis) is 1. The lowest BCUT2D eigenvalue weighted by atomic mass is 10.0. The minimum atomic E-state index is -0.420. The molecule has 3 unspecified atom stereocenters. The van der Waals surface area contributed by atoms with Crippen molar-refractivity contribution >= 4 is 12.0 Å². The normalized spacial score (nSPS) is 36.1. The van der Waals surface area contributed by atoms with E-state index < -0.39 is 6.09 Å². The molecule has 2 amide bonds. The van der Waals surface area contributed by atoms with Crippen molar-refractivity contribution in [3.8, 4) is 0 Å². The first-order chi connectivity index (χ1) is 10.4. The number of ether oxygens (including phenoxy) is 1. The number of rotatable bonds is 3. The molecule has 1 heterocycles. The van der Waals surface area contributed by atoms with E-state index >= 15 is 0 Å². The maximum Gasteiger partial charge on any atom is 0.407 e. The van der Waals surface area contributed by atoms with Gasteiger partial charge in [-0.05, 0) is 49.4 Å². The molecule has 1 N–H and O–H groups in total. The third kappa shape index (κ3) is 2.20. The van der Waals surface area contributed by atoms with Gasteiger partial charge in [0.15, 0.2) is 0 Å². The van der Waals surface area contributed by atoms with E-state index in [-0.39, 0.29) is 18.6 Å². The fourth-order valence-electron chi connectivity index (χ4n) is 4.79. The zero-order valence-electron chi connectivity index (χ0n) is 13.6. The Morgan fingerprint density at radius 2 is 1.86 bits per heavy atom. The number of likely N-dealkylation sites (tertiary alicyclic amines) is 1. The van der Waals surface area contributed by atoms with Gasteiger partial charge in [0.1, 0.15) is 12.6 Å². The molecule has 3 aliphatic carbocycles. The number of hydrogen-bond donors (Lipinski definition) is 1. The first kappa shape index (κ1) is 14.3. The third-order valence-corrected chi connectivity index (χ3v) is 6.82. The molecule has 0 aromatic rings. The molecule has 1 spiro atoms. The Bertz CT molecular complexity index is 498. The van der Waals surface area contributed by atoms with Crippen molar-refractivity contribution in [3.63, 3.8) is 0 Å². The summed E-state index contributed by atoms with van der Waals surface area (Å²) in [6.45, 7) is 6.31. The third-order valence-electron chi connectivity index (χ3n) is 6.82. The first-order valence-electron chi connectivity index (χ1n) is 8.65. The van der Waals surface area contributed by atoms with Crippen molar-refractivity contribution in [2.75, 3.05) is 19.6 Å². The Labute approximate surface area is 131 Å². The summed E-state index contributed by atoms with van der Waals surface area (Å²) in [4.78, 5) is 26.0. The average molecular weight is 306 g/mol. The van der Waals surface area contributed by atoms with Gasteiger partial charge in [0.05, 0.1) is 0 Å². The van der Waals surface area contributed by atoms with E-state index in [4.69, 9.17) is 4.74 Å². The van der Waals surface area contributed by atoms with E-state index in [1.807, 2.05) is 4.90 Å². The zero-order valence-corrected chi connectivity index (χ0v) is 13.6. The van der Waals surface area contributed by atoms with Gasteiger partial charge < -0.3 is 15.0 Å². The van der Waals surface area contributed by atoms with Crippen LogP contribution in [0.3, 0.4) is 0 Å². The van der Waals surface area contributed by atoms with Gasteiger partial charge >= 0.3 is 6.09 Å². The predicted octanol–water partition coefficient (Wildman–Crippen LogP) is 2.16. The van der Waals surface area contributed by atoms with Crippen LogP contribution < -0.4 is 5.32 Å². The van der Waals surface area contributed by atoms with Crippen LogP contribution in [0.4, 0.5) is 4.79 Å². The second-order valence-corrected chi connectivity index (χ2v) is 8.34. The second-order valence-electron chi connectivity index (χ2n) is 8.34. The predicted molar refractivity (Wildman–Crippen MR) is 81.1 cm³/mol. The van der Waals surface area contributed by atoms with Crippen LogP contribution in [0.1, 0.15) is 46.0 Å². The molecule has 4 aliphatic rings. The number of fused-ring (bicyclic) bond motifs is 1. The molecule has 0 aromatic heterocycles. The monoisotopic (exact) mass is 306 g/mol. The van der Waals surface area contributed by atoms with Crippen LogP contribution in [0, 0.1) is 22.7 Å². The maximum atomic E-state index is 12.2. The smallest absolute Gasteiger partial charge is 0.407 e. The number of piperidine rings is 1. The van der Waals surface area contributed by atoms with Crippen molar-refractivity contribution in [1.29, 1.82) is 0 Å². The second kappa shape index (κ2) is 4.62. The molecule has 22 heavy (non-hydrogen) atoms. The minimum Gasteiger partial charge on any atom is -0.446 e. The number of carbonyl (C=O) groups excluding carboxylic acids is 2. The summed E-state index contributed by atoms with van der Waals surface area (Å²) in [5.41, 5.74) is 0.702. The van der Waals surface area contributed by atoms with Crippen LogP contribution in [-0.2, 0) is 9.53 Å². The number of hydrogen-bond acceptors (Lipinski definition) is 3. The van der Waals surface area contributed by atoms with Gasteiger partial charge in [-0.1, -0.05) is 13.8 Å². The topological polar surface area (TPSA) is 58.6 Å².